The third kappa shape index (κ3) is 1.45. The first-order valence-corrected chi connectivity index (χ1v) is 6.63. The summed E-state index contributed by atoms with van der Waals surface area (Å²) in [6.45, 7) is 0. The standard InChI is InChI=1S/C18H13NO/c20-17-12-6-10-15-14-9-4-5-11-16(14)19(18(15)17)13-7-2-1-3-8-13/h1-12,20H. The topological polar surface area (TPSA) is 25.2 Å². The monoisotopic (exact) mass is 259 g/mol. The van der Waals surface area contributed by atoms with Crippen molar-refractivity contribution in [3.8, 4) is 11.4 Å². The number of nitrogens with zero attached hydrogens (tertiary/aromatic N) is 1. The van der Waals surface area contributed by atoms with Gasteiger partial charge in [-0.2, -0.15) is 0 Å². The van der Waals surface area contributed by atoms with E-state index in [-0.39, 0.29) is 0 Å². The number of aromatic nitrogens is 1. The van der Waals surface area contributed by atoms with Gasteiger partial charge in [0.15, 0.2) is 0 Å². The quantitative estimate of drug-likeness (QED) is 0.535. The summed E-state index contributed by atoms with van der Waals surface area (Å²) >= 11 is 0. The van der Waals surface area contributed by atoms with Crippen molar-refractivity contribution in [2.45, 2.75) is 0 Å². The summed E-state index contributed by atoms with van der Waals surface area (Å²) in [6.07, 6.45) is 0. The molecule has 0 aliphatic carbocycles. The van der Waals surface area contributed by atoms with Crippen LogP contribution < -0.4 is 0 Å². The Morgan fingerprint density at radius 2 is 1.35 bits per heavy atom. The molecule has 0 aliphatic rings. The largest absolute Gasteiger partial charge is 0.506 e. The number of para-hydroxylation sites is 3. The Balaban J connectivity index is 2.27. The second-order valence-electron chi connectivity index (χ2n) is 4.86. The molecule has 0 radical (unpaired) electrons. The molecule has 96 valence electrons. The van der Waals surface area contributed by atoms with E-state index in [1.165, 1.54) is 0 Å². The third-order valence-electron chi connectivity index (χ3n) is 3.69. The zero-order chi connectivity index (χ0) is 13.5. The van der Waals surface area contributed by atoms with Gasteiger partial charge >= 0.3 is 0 Å². The fourth-order valence-electron chi connectivity index (χ4n) is 2.85. The zero-order valence-corrected chi connectivity index (χ0v) is 10.8. The molecule has 0 saturated heterocycles. The fraction of sp³-hybridized carbons (Fsp3) is 0. The number of phenols is 1. The smallest absolute Gasteiger partial charge is 0.140 e. The van der Waals surface area contributed by atoms with Crippen molar-refractivity contribution in [3.05, 3.63) is 72.8 Å². The number of aromatic hydroxyl groups is 1. The van der Waals surface area contributed by atoms with Crippen LogP contribution in [0.5, 0.6) is 5.75 Å². The van der Waals surface area contributed by atoms with E-state index in [1.807, 2.05) is 36.4 Å². The SMILES string of the molecule is Oc1cccc2c3ccccc3n(-c3ccccc3)c12. The minimum atomic E-state index is 0.308. The van der Waals surface area contributed by atoms with Gasteiger partial charge < -0.3 is 9.67 Å². The number of phenolic OH excluding ortho intramolecular Hbond substituents is 1. The molecule has 1 heterocycles. The molecule has 0 amide bonds. The maximum atomic E-state index is 10.3. The average molecular weight is 259 g/mol. The van der Waals surface area contributed by atoms with Crippen molar-refractivity contribution in [1.82, 2.24) is 4.57 Å². The molecule has 2 nitrogen and oxygen atoms in total. The summed E-state index contributed by atoms with van der Waals surface area (Å²) < 4.78 is 2.11. The van der Waals surface area contributed by atoms with Crippen molar-refractivity contribution in [3.63, 3.8) is 0 Å². The van der Waals surface area contributed by atoms with E-state index in [9.17, 15) is 5.11 Å². The van der Waals surface area contributed by atoms with Crippen molar-refractivity contribution in [1.29, 1.82) is 0 Å². The lowest BCUT2D eigenvalue weighted by molar-refractivity contribution is 0.480. The van der Waals surface area contributed by atoms with Crippen LogP contribution in [0.15, 0.2) is 72.8 Å². The molecule has 4 aromatic rings. The lowest BCUT2D eigenvalue weighted by Gasteiger charge is -2.08. The summed E-state index contributed by atoms with van der Waals surface area (Å²) in [5, 5.41) is 12.5. The van der Waals surface area contributed by atoms with Gasteiger partial charge in [0.05, 0.1) is 11.0 Å². The molecule has 1 aromatic heterocycles. The van der Waals surface area contributed by atoms with Gasteiger partial charge in [0.25, 0.3) is 0 Å². The van der Waals surface area contributed by atoms with Crippen LogP contribution in [0.4, 0.5) is 0 Å². The van der Waals surface area contributed by atoms with E-state index in [1.54, 1.807) is 6.07 Å². The minimum Gasteiger partial charge on any atom is -0.506 e. The predicted molar refractivity (Wildman–Crippen MR) is 82.4 cm³/mol. The Hall–Kier alpha value is -2.74. The second-order valence-corrected chi connectivity index (χ2v) is 4.86. The van der Waals surface area contributed by atoms with Crippen molar-refractivity contribution in [2.75, 3.05) is 0 Å². The Kier molecular flexibility index (Phi) is 2.30. The van der Waals surface area contributed by atoms with E-state index in [4.69, 9.17) is 0 Å². The lowest BCUT2D eigenvalue weighted by Crippen LogP contribution is -1.93. The molecule has 0 unspecified atom stereocenters. The third-order valence-corrected chi connectivity index (χ3v) is 3.69. The van der Waals surface area contributed by atoms with Crippen LogP contribution in [0.3, 0.4) is 0 Å². The van der Waals surface area contributed by atoms with Gasteiger partial charge in [-0.1, -0.05) is 48.5 Å². The van der Waals surface area contributed by atoms with Crippen molar-refractivity contribution >= 4 is 21.8 Å². The van der Waals surface area contributed by atoms with Crippen LogP contribution in [0, 0.1) is 0 Å². The summed E-state index contributed by atoms with van der Waals surface area (Å²) in [6, 6.07) is 24.0. The van der Waals surface area contributed by atoms with Crippen LogP contribution in [0.1, 0.15) is 0 Å². The van der Waals surface area contributed by atoms with Gasteiger partial charge in [0.1, 0.15) is 5.75 Å². The maximum absolute atomic E-state index is 10.3. The van der Waals surface area contributed by atoms with Crippen LogP contribution in [-0.4, -0.2) is 9.67 Å². The number of hydrogen-bond acceptors (Lipinski definition) is 1. The molecule has 0 saturated carbocycles. The average Bonchev–Trinajstić information content (AvgIpc) is 2.84. The molecule has 2 heteroatoms. The molecule has 1 N–H and O–H groups in total. The highest BCUT2D eigenvalue weighted by molar-refractivity contribution is 6.11. The Labute approximate surface area is 116 Å². The predicted octanol–water partition coefficient (Wildman–Crippen LogP) is 4.49. The van der Waals surface area contributed by atoms with E-state index in [0.717, 1.165) is 27.5 Å². The Morgan fingerprint density at radius 1 is 0.650 bits per heavy atom. The highest BCUT2D eigenvalue weighted by Crippen LogP contribution is 2.36. The highest BCUT2D eigenvalue weighted by Gasteiger charge is 2.13. The first kappa shape index (κ1) is 11.1. The van der Waals surface area contributed by atoms with E-state index < -0.39 is 0 Å². The Bertz CT molecular complexity index is 907. The van der Waals surface area contributed by atoms with Gasteiger partial charge in [-0.25, -0.2) is 0 Å². The summed E-state index contributed by atoms with van der Waals surface area (Å²) in [5.41, 5.74) is 3.02. The number of hydrogen-bond donors (Lipinski definition) is 1. The van der Waals surface area contributed by atoms with Gasteiger partial charge in [-0.15, -0.1) is 0 Å². The number of fused-ring (bicyclic) bond motifs is 3. The molecule has 0 atom stereocenters. The normalized spacial score (nSPS) is 11.2. The van der Waals surface area contributed by atoms with E-state index in [2.05, 4.69) is 34.9 Å². The molecule has 0 fully saturated rings. The van der Waals surface area contributed by atoms with Gasteiger partial charge in [0, 0.05) is 16.5 Å². The van der Waals surface area contributed by atoms with Gasteiger partial charge in [-0.05, 0) is 24.3 Å². The lowest BCUT2D eigenvalue weighted by atomic mass is 10.1. The Morgan fingerprint density at radius 3 is 2.20 bits per heavy atom. The van der Waals surface area contributed by atoms with E-state index in [0.29, 0.717) is 5.75 Å². The highest BCUT2D eigenvalue weighted by atomic mass is 16.3. The minimum absolute atomic E-state index is 0.308. The van der Waals surface area contributed by atoms with Gasteiger partial charge in [0.2, 0.25) is 0 Å². The molecule has 3 aromatic carbocycles. The molecule has 0 bridgehead atoms. The number of benzene rings is 3. The molecular weight excluding hydrogens is 246 g/mol. The summed E-state index contributed by atoms with van der Waals surface area (Å²) in [4.78, 5) is 0. The van der Waals surface area contributed by atoms with Crippen molar-refractivity contribution in [2.24, 2.45) is 0 Å². The van der Waals surface area contributed by atoms with Crippen LogP contribution in [-0.2, 0) is 0 Å². The second kappa shape index (κ2) is 4.14. The summed E-state index contributed by atoms with van der Waals surface area (Å²) in [5.74, 6) is 0.308. The maximum Gasteiger partial charge on any atom is 0.140 e. The van der Waals surface area contributed by atoms with Gasteiger partial charge in [-0.3, -0.25) is 0 Å². The molecule has 0 aliphatic heterocycles. The fourth-order valence-corrected chi connectivity index (χ4v) is 2.85. The molecular formula is C18H13NO. The first-order chi connectivity index (χ1) is 9.86. The van der Waals surface area contributed by atoms with E-state index >= 15 is 0 Å². The van der Waals surface area contributed by atoms with Crippen LogP contribution >= 0.6 is 0 Å². The van der Waals surface area contributed by atoms with Crippen LogP contribution in [0.2, 0.25) is 0 Å². The van der Waals surface area contributed by atoms with Crippen molar-refractivity contribution < 1.29 is 5.11 Å². The number of rotatable bonds is 1. The molecule has 4 rings (SSSR count). The molecule has 0 spiro atoms. The zero-order valence-electron chi connectivity index (χ0n) is 10.8. The first-order valence-electron chi connectivity index (χ1n) is 6.63. The van der Waals surface area contributed by atoms with Crippen LogP contribution in [0.25, 0.3) is 27.5 Å². The summed E-state index contributed by atoms with van der Waals surface area (Å²) in [7, 11) is 0. The molecule has 20 heavy (non-hydrogen) atoms.